The van der Waals surface area contributed by atoms with Crippen LogP contribution in [-0.2, 0) is 16.3 Å². The van der Waals surface area contributed by atoms with Gasteiger partial charge in [-0.3, -0.25) is 0 Å². The van der Waals surface area contributed by atoms with E-state index in [1.165, 1.54) is 11.3 Å². The van der Waals surface area contributed by atoms with Gasteiger partial charge in [-0.2, -0.15) is 0 Å². The third-order valence-electron chi connectivity index (χ3n) is 5.76. The summed E-state index contributed by atoms with van der Waals surface area (Å²) < 4.78 is 63.7. The van der Waals surface area contributed by atoms with Crippen LogP contribution in [-0.4, -0.2) is 46.0 Å². The molecule has 0 amide bonds. The molecule has 2 aromatic carbocycles. The van der Waals surface area contributed by atoms with Gasteiger partial charge in [-0.05, 0) is 31.0 Å². The maximum absolute atomic E-state index is 14.1. The fourth-order valence-corrected chi connectivity index (χ4v) is 6.62. The lowest BCUT2D eigenvalue weighted by Crippen LogP contribution is -2.39. The molecule has 1 aliphatic rings. The lowest BCUT2D eigenvalue weighted by atomic mass is 10.1. The predicted octanol–water partition coefficient (Wildman–Crippen LogP) is 4.47. The molecule has 1 fully saturated rings. The van der Waals surface area contributed by atoms with E-state index in [0.717, 1.165) is 34.3 Å². The number of rotatable bonds is 7. The van der Waals surface area contributed by atoms with Crippen LogP contribution < -0.4 is 14.4 Å². The van der Waals surface area contributed by atoms with E-state index in [-0.39, 0.29) is 0 Å². The normalized spacial score (nSPS) is 15.0. The Labute approximate surface area is 195 Å². The van der Waals surface area contributed by atoms with Gasteiger partial charge in [-0.15, -0.1) is 11.3 Å². The fraction of sp³-hybridized carbons (Fsp3) is 0.348. The van der Waals surface area contributed by atoms with Crippen LogP contribution in [0.25, 0.3) is 0 Å². The summed E-state index contributed by atoms with van der Waals surface area (Å²) in [5, 5.41) is 2.09. The molecule has 3 aromatic rings. The molecular weight excluding hydrogens is 470 g/mol. The second kappa shape index (κ2) is 9.64. The van der Waals surface area contributed by atoms with Crippen LogP contribution in [0, 0.1) is 11.6 Å². The Kier molecular flexibility index (Phi) is 6.85. The third kappa shape index (κ3) is 4.96. The highest BCUT2D eigenvalue weighted by Gasteiger charge is 2.34. The second-order valence-electron chi connectivity index (χ2n) is 7.78. The molecule has 0 atom stereocenters. The minimum atomic E-state index is -3.87. The van der Waals surface area contributed by atoms with Crippen molar-refractivity contribution in [2.24, 2.45) is 0 Å². The summed E-state index contributed by atoms with van der Waals surface area (Å²) in [6.07, 6.45) is 1.29. The SMILES string of the molecule is COc1ccc(Cc2csc(N3CCC(S(=O)(=O)c4ccc(F)cc4F)CC3)n2)c(OC)c1. The summed E-state index contributed by atoms with van der Waals surface area (Å²) in [4.78, 5) is 6.33. The van der Waals surface area contributed by atoms with Gasteiger partial charge in [0.25, 0.3) is 0 Å². The van der Waals surface area contributed by atoms with Gasteiger partial charge >= 0.3 is 0 Å². The molecule has 0 N–H and O–H groups in total. The van der Waals surface area contributed by atoms with Crippen molar-refractivity contribution in [1.82, 2.24) is 4.98 Å². The molecule has 4 rings (SSSR count). The molecule has 33 heavy (non-hydrogen) atoms. The van der Waals surface area contributed by atoms with Crippen molar-refractivity contribution < 1.29 is 26.7 Å². The molecule has 1 saturated heterocycles. The van der Waals surface area contributed by atoms with Gasteiger partial charge in [0.15, 0.2) is 15.0 Å². The Morgan fingerprint density at radius 3 is 2.52 bits per heavy atom. The standard InChI is InChI=1S/C23H24F2N2O4S2/c1-30-18-5-3-15(21(13-18)31-2)11-17-14-32-23(26-17)27-9-7-19(8-10-27)33(28,29)22-6-4-16(24)12-20(22)25/h3-6,12-14,19H,7-11H2,1-2H3. The second-order valence-corrected chi connectivity index (χ2v) is 10.8. The molecule has 2 heterocycles. The van der Waals surface area contributed by atoms with Crippen molar-refractivity contribution in [2.45, 2.75) is 29.4 Å². The minimum absolute atomic E-state index is 0.348. The molecule has 6 nitrogen and oxygen atoms in total. The zero-order valence-corrected chi connectivity index (χ0v) is 19.9. The molecule has 0 unspecified atom stereocenters. The molecule has 1 aliphatic heterocycles. The van der Waals surface area contributed by atoms with E-state index in [0.29, 0.717) is 44.2 Å². The Morgan fingerprint density at radius 2 is 1.85 bits per heavy atom. The molecule has 0 saturated carbocycles. The number of sulfone groups is 1. The first-order chi connectivity index (χ1) is 15.8. The van der Waals surface area contributed by atoms with Crippen LogP contribution in [0.3, 0.4) is 0 Å². The van der Waals surface area contributed by atoms with Crippen LogP contribution >= 0.6 is 11.3 Å². The van der Waals surface area contributed by atoms with E-state index in [2.05, 4.69) is 0 Å². The van der Waals surface area contributed by atoms with Gasteiger partial charge in [-0.25, -0.2) is 22.2 Å². The maximum atomic E-state index is 14.1. The molecule has 0 bridgehead atoms. The summed E-state index contributed by atoms with van der Waals surface area (Å²) in [6, 6.07) is 8.24. The zero-order valence-electron chi connectivity index (χ0n) is 18.3. The number of benzene rings is 2. The van der Waals surface area contributed by atoms with E-state index in [1.54, 1.807) is 14.2 Å². The molecule has 1 aromatic heterocycles. The average Bonchev–Trinajstić information content (AvgIpc) is 3.27. The van der Waals surface area contributed by atoms with Crippen molar-refractivity contribution in [1.29, 1.82) is 0 Å². The number of aromatic nitrogens is 1. The molecule has 10 heteroatoms. The van der Waals surface area contributed by atoms with Crippen LogP contribution in [0.2, 0.25) is 0 Å². The average molecular weight is 495 g/mol. The van der Waals surface area contributed by atoms with Gasteiger partial charge in [0.05, 0.1) is 25.2 Å². The Hall–Kier alpha value is -2.72. The molecule has 0 radical (unpaired) electrons. The van der Waals surface area contributed by atoms with E-state index in [1.807, 2.05) is 28.5 Å². The lowest BCUT2D eigenvalue weighted by Gasteiger charge is -2.31. The Bertz CT molecular complexity index is 1240. The number of ether oxygens (including phenoxy) is 2. The lowest BCUT2D eigenvalue weighted by molar-refractivity contribution is 0.391. The fourth-order valence-electron chi connectivity index (χ4n) is 3.96. The first-order valence-corrected chi connectivity index (χ1v) is 12.8. The number of methoxy groups -OCH3 is 2. The minimum Gasteiger partial charge on any atom is -0.497 e. The highest BCUT2D eigenvalue weighted by molar-refractivity contribution is 7.92. The first-order valence-electron chi connectivity index (χ1n) is 10.4. The summed E-state index contributed by atoms with van der Waals surface area (Å²) in [5.41, 5.74) is 1.88. The van der Waals surface area contributed by atoms with Crippen LogP contribution in [0.5, 0.6) is 11.5 Å². The highest BCUT2D eigenvalue weighted by atomic mass is 32.2. The van der Waals surface area contributed by atoms with Crippen molar-refractivity contribution >= 4 is 26.3 Å². The molecule has 0 aliphatic carbocycles. The van der Waals surface area contributed by atoms with Crippen molar-refractivity contribution in [3.63, 3.8) is 0 Å². The van der Waals surface area contributed by atoms with Crippen LogP contribution in [0.1, 0.15) is 24.1 Å². The monoisotopic (exact) mass is 494 g/mol. The van der Waals surface area contributed by atoms with Gasteiger partial charge in [0, 0.05) is 42.6 Å². The summed E-state index contributed by atoms with van der Waals surface area (Å²) in [7, 11) is -0.659. The largest absolute Gasteiger partial charge is 0.497 e. The quantitative estimate of drug-likeness (QED) is 0.452. The topological polar surface area (TPSA) is 68.7 Å². The Balaban J connectivity index is 1.42. The number of piperidine rings is 1. The summed E-state index contributed by atoms with van der Waals surface area (Å²) in [5.74, 6) is -0.403. The number of thiazole rings is 1. The predicted molar refractivity (Wildman–Crippen MR) is 123 cm³/mol. The summed E-state index contributed by atoms with van der Waals surface area (Å²) in [6.45, 7) is 0.983. The van der Waals surface area contributed by atoms with Crippen molar-refractivity contribution in [3.8, 4) is 11.5 Å². The number of hydrogen-bond donors (Lipinski definition) is 0. The molecule has 0 spiro atoms. The van der Waals surface area contributed by atoms with Gasteiger partial charge in [0.1, 0.15) is 28.0 Å². The van der Waals surface area contributed by atoms with E-state index in [9.17, 15) is 17.2 Å². The highest BCUT2D eigenvalue weighted by Crippen LogP contribution is 2.32. The maximum Gasteiger partial charge on any atom is 0.185 e. The molecular formula is C23H24F2N2O4S2. The van der Waals surface area contributed by atoms with E-state index >= 15 is 0 Å². The van der Waals surface area contributed by atoms with Gasteiger partial charge < -0.3 is 14.4 Å². The number of halogens is 2. The zero-order chi connectivity index (χ0) is 23.6. The van der Waals surface area contributed by atoms with Gasteiger partial charge in [-0.1, -0.05) is 6.07 Å². The first kappa shape index (κ1) is 23.4. The van der Waals surface area contributed by atoms with Crippen molar-refractivity contribution in [3.05, 3.63) is 64.7 Å². The van der Waals surface area contributed by atoms with Gasteiger partial charge in [0.2, 0.25) is 0 Å². The Morgan fingerprint density at radius 1 is 1.09 bits per heavy atom. The number of anilines is 1. The third-order valence-corrected chi connectivity index (χ3v) is 9.00. The number of hydrogen-bond acceptors (Lipinski definition) is 7. The van der Waals surface area contributed by atoms with Crippen LogP contribution in [0.4, 0.5) is 13.9 Å². The summed E-state index contributed by atoms with van der Waals surface area (Å²) >= 11 is 1.50. The van der Waals surface area contributed by atoms with Crippen molar-refractivity contribution in [2.75, 3.05) is 32.2 Å². The molecule has 176 valence electrons. The van der Waals surface area contributed by atoms with E-state index in [4.69, 9.17) is 14.5 Å². The number of nitrogens with zero attached hydrogens (tertiary/aromatic N) is 2. The van der Waals surface area contributed by atoms with Crippen LogP contribution in [0.15, 0.2) is 46.7 Å². The smallest absolute Gasteiger partial charge is 0.185 e. The van der Waals surface area contributed by atoms with E-state index < -0.39 is 31.6 Å².